The summed E-state index contributed by atoms with van der Waals surface area (Å²) in [6.45, 7) is 5.11. The lowest BCUT2D eigenvalue weighted by molar-refractivity contribution is 0.675. The molecule has 0 aliphatic rings. The second kappa shape index (κ2) is 4.81. The predicted octanol–water partition coefficient (Wildman–Crippen LogP) is 4.15. The van der Waals surface area contributed by atoms with E-state index in [4.69, 9.17) is 12.2 Å². The molecule has 0 fully saturated rings. The summed E-state index contributed by atoms with van der Waals surface area (Å²) in [5.41, 5.74) is 1.23. The zero-order chi connectivity index (χ0) is 11.7. The number of hydrogen-bond acceptors (Lipinski definition) is 3. The highest BCUT2D eigenvalue weighted by Crippen LogP contribution is 2.33. The molecule has 86 valence electrons. The van der Waals surface area contributed by atoms with Gasteiger partial charge in [0, 0.05) is 6.54 Å². The van der Waals surface area contributed by atoms with Crippen molar-refractivity contribution in [3.05, 3.63) is 20.2 Å². The molecule has 2 rings (SSSR count). The van der Waals surface area contributed by atoms with Crippen molar-refractivity contribution in [3.8, 4) is 10.7 Å². The largest absolute Gasteiger partial charge is 0.300 e. The number of aryl methyl sites for hydroxylation is 1. The molecule has 0 radical (unpaired) electrons. The van der Waals surface area contributed by atoms with Gasteiger partial charge < -0.3 is 0 Å². The highest BCUT2D eigenvalue weighted by Gasteiger charge is 2.12. The lowest BCUT2D eigenvalue weighted by atomic mass is 10.3. The Morgan fingerprint density at radius 3 is 2.94 bits per heavy atom. The molecule has 1 N–H and O–H groups in total. The molecule has 0 aliphatic heterocycles. The summed E-state index contributed by atoms with van der Waals surface area (Å²) in [7, 11) is 0. The SMILES string of the molecule is CCCn1c(-c2cc(C)c(Br)s2)n[nH]c1=S. The first-order valence-corrected chi connectivity index (χ1v) is 7.06. The van der Waals surface area contributed by atoms with Crippen LogP contribution in [0.4, 0.5) is 0 Å². The molecule has 0 saturated heterocycles. The van der Waals surface area contributed by atoms with Crippen molar-refractivity contribution in [2.75, 3.05) is 0 Å². The molecule has 6 heteroatoms. The molecular formula is C10H12BrN3S2. The molecule has 0 saturated carbocycles. The average Bonchev–Trinajstić information content (AvgIpc) is 2.74. The minimum atomic E-state index is 0.694. The van der Waals surface area contributed by atoms with E-state index in [2.05, 4.69) is 46.0 Å². The Kier molecular flexibility index (Phi) is 3.61. The van der Waals surface area contributed by atoms with Crippen LogP contribution < -0.4 is 0 Å². The van der Waals surface area contributed by atoms with Crippen molar-refractivity contribution in [3.63, 3.8) is 0 Å². The molecular weight excluding hydrogens is 306 g/mol. The van der Waals surface area contributed by atoms with Crippen LogP contribution in [-0.2, 0) is 6.54 Å². The number of thiophene rings is 1. The minimum absolute atomic E-state index is 0.694. The fourth-order valence-electron chi connectivity index (χ4n) is 1.51. The summed E-state index contributed by atoms with van der Waals surface area (Å²) in [6, 6.07) is 2.13. The van der Waals surface area contributed by atoms with Gasteiger partial charge in [-0.2, -0.15) is 5.10 Å². The van der Waals surface area contributed by atoms with Gasteiger partial charge in [0.25, 0.3) is 0 Å². The Morgan fingerprint density at radius 2 is 2.38 bits per heavy atom. The quantitative estimate of drug-likeness (QED) is 0.863. The van der Waals surface area contributed by atoms with Gasteiger partial charge in [-0.15, -0.1) is 11.3 Å². The van der Waals surface area contributed by atoms with Crippen LogP contribution in [0.5, 0.6) is 0 Å². The fourth-order valence-corrected chi connectivity index (χ4v) is 3.26. The number of H-pyrrole nitrogens is 1. The first-order chi connectivity index (χ1) is 7.63. The lowest BCUT2D eigenvalue weighted by Crippen LogP contribution is -1.98. The van der Waals surface area contributed by atoms with E-state index >= 15 is 0 Å². The fraction of sp³-hybridized carbons (Fsp3) is 0.400. The van der Waals surface area contributed by atoms with E-state index in [1.165, 1.54) is 5.56 Å². The van der Waals surface area contributed by atoms with E-state index in [1.54, 1.807) is 11.3 Å². The third-order valence-electron chi connectivity index (χ3n) is 2.28. The third kappa shape index (κ3) is 2.14. The summed E-state index contributed by atoms with van der Waals surface area (Å²) in [6.07, 6.45) is 1.05. The lowest BCUT2D eigenvalue weighted by Gasteiger charge is -2.01. The van der Waals surface area contributed by atoms with E-state index in [0.717, 1.165) is 27.5 Å². The van der Waals surface area contributed by atoms with Crippen LogP contribution >= 0.6 is 39.5 Å². The van der Waals surface area contributed by atoms with E-state index in [-0.39, 0.29) is 0 Å². The molecule has 0 amide bonds. The van der Waals surface area contributed by atoms with Crippen molar-refractivity contribution in [2.24, 2.45) is 0 Å². The van der Waals surface area contributed by atoms with Crippen molar-refractivity contribution < 1.29 is 0 Å². The van der Waals surface area contributed by atoms with Crippen molar-refractivity contribution >= 4 is 39.5 Å². The molecule has 2 aromatic heterocycles. The van der Waals surface area contributed by atoms with Crippen LogP contribution in [0.2, 0.25) is 0 Å². The molecule has 2 heterocycles. The maximum Gasteiger partial charge on any atom is 0.195 e. The molecule has 0 bridgehead atoms. The van der Waals surface area contributed by atoms with Gasteiger partial charge in [0.2, 0.25) is 0 Å². The molecule has 0 spiro atoms. The number of nitrogens with zero attached hydrogens (tertiary/aromatic N) is 2. The number of aromatic nitrogens is 3. The maximum absolute atomic E-state index is 5.22. The number of hydrogen-bond donors (Lipinski definition) is 1. The Bertz CT molecular complexity index is 533. The van der Waals surface area contributed by atoms with Gasteiger partial charge in [-0.05, 0) is 53.1 Å². The molecule has 16 heavy (non-hydrogen) atoms. The van der Waals surface area contributed by atoms with Gasteiger partial charge in [0.15, 0.2) is 10.6 Å². The summed E-state index contributed by atoms with van der Waals surface area (Å²) < 4.78 is 3.89. The standard InChI is InChI=1S/C10H12BrN3S2/c1-3-4-14-9(12-13-10(14)15)7-5-6(2)8(11)16-7/h5H,3-4H2,1-2H3,(H,13,15). The zero-order valence-electron chi connectivity index (χ0n) is 9.08. The van der Waals surface area contributed by atoms with Gasteiger partial charge in [-0.3, -0.25) is 9.67 Å². The third-order valence-corrected chi connectivity index (χ3v) is 4.73. The van der Waals surface area contributed by atoms with Gasteiger partial charge in [0.1, 0.15) is 0 Å². The van der Waals surface area contributed by atoms with Crippen LogP contribution in [0, 0.1) is 11.7 Å². The topological polar surface area (TPSA) is 33.6 Å². The predicted molar refractivity (Wildman–Crippen MR) is 73.5 cm³/mol. The second-order valence-corrected chi connectivity index (χ2v) is 6.33. The monoisotopic (exact) mass is 317 g/mol. The van der Waals surface area contributed by atoms with Crippen LogP contribution in [-0.4, -0.2) is 14.8 Å². The van der Waals surface area contributed by atoms with E-state index in [9.17, 15) is 0 Å². The van der Waals surface area contributed by atoms with Crippen molar-refractivity contribution in [2.45, 2.75) is 26.8 Å². The summed E-state index contributed by atoms with van der Waals surface area (Å²) in [4.78, 5) is 1.14. The summed E-state index contributed by atoms with van der Waals surface area (Å²) in [5.74, 6) is 0.936. The molecule has 0 aliphatic carbocycles. The second-order valence-electron chi connectivity index (χ2n) is 3.57. The van der Waals surface area contributed by atoms with Crippen LogP contribution in [0.25, 0.3) is 10.7 Å². The van der Waals surface area contributed by atoms with Crippen LogP contribution in [0.1, 0.15) is 18.9 Å². The maximum atomic E-state index is 5.22. The average molecular weight is 318 g/mol. The highest BCUT2D eigenvalue weighted by molar-refractivity contribution is 9.11. The zero-order valence-corrected chi connectivity index (χ0v) is 12.3. The molecule has 0 aromatic carbocycles. The van der Waals surface area contributed by atoms with Crippen LogP contribution in [0.15, 0.2) is 9.85 Å². The normalized spacial score (nSPS) is 10.9. The van der Waals surface area contributed by atoms with Gasteiger partial charge in [-0.25, -0.2) is 0 Å². The first kappa shape index (κ1) is 12.0. The molecule has 0 unspecified atom stereocenters. The van der Waals surface area contributed by atoms with Gasteiger partial charge in [-0.1, -0.05) is 6.92 Å². The molecule has 0 atom stereocenters. The first-order valence-electron chi connectivity index (χ1n) is 5.05. The molecule has 3 nitrogen and oxygen atoms in total. The van der Waals surface area contributed by atoms with E-state index < -0.39 is 0 Å². The summed E-state index contributed by atoms with van der Waals surface area (Å²) in [5, 5.41) is 7.15. The van der Waals surface area contributed by atoms with Gasteiger partial charge >= 0.3 is 0 Å². The Hall–Kier alpha value is -0.460. The highest BCUT2D eigenvalue weighted by atomic mass is 79.9. The van der Waals surface area contributed by atoms with Crippen LogP contribution in [0.3, 0.4) is 0 Å². The van der Waals surface area contributed by atoms with E-state index in [1.807, 2.05) is 4.57 Å². The Balaban J connectivity index is 2.51. The number of halogens is 1. The number of rotatable bonds is 3. The Labute approximate surface area is 112 Å². The van der Waals surface area contributed by atoms with Gasteiger partial charge in [0.05, 0.1) is 8.66 Å². The molecule has 2 aromatic rings. The van der Waals surface area contributed by atoms with Crippen molar-refractivity contribution in [1.82, 2.24) is 14.8 Å². The Morgan fingerprint density at radius 1 is 1.62 bits per heavy atom. The summed E-state index contributed by atoms with van der Waals surface area (Å²) >= 11 is 10.4. The van der Waals surface area contributed by atoms with E-state index in [0.29, 0.717) is 4.77 Å². The number of aromatic amines is 1. The number of nitrogens with one attached hydrogen (secondary N) is 1. The van der Waals surface area contributed by atoms with Crippen molar-refractivity contribution in [1.29, 1.82) is 0 Å². The smallest absolute Gasteiger partial charge is 0.195 e. The minimum Gasteiger partial charge on any atom is -0.300 e.